The van der Waals surface area contributed by atoms with Crippen LogP contribution in [0, 0.1) is 0 Å². The Morgan fingerprint density at radius 2 is 1.88 bits per heavy atom. The molecule has 1 aliphatic rings. The largest absolute Gasteiger partial charge is 0.495 e. The Labute approximate surface area is 190 Å². The molecule has 0 aliphatic heterocycles. The van der Waals surface area contributed by atoms with Gasteiger partial charge in [-0.05, 0) is 55.0 Å². The summed E-state index contributed by atoms with van der Waals surface area (Å²) in [5.74, 6) is -1.02. The first-order valence-corrected chi connectivity index (χ1v) is 12.4. The molecule has 1 heterocycles. The maximum Gasteiger partial charge on any atom is 0.335 e. The van der Waals surface area contributed by atoms with Gasteiger partial charge in [-0.15, -0.1) is 11.3 Å². The molecule has 0 spiro atoms. The predicted molar refractivity (Wildman–Crippen MR) is 125 cm³/mol. The average Bonchev–Trinajstić information content (AvgIpc) is 3.31. The van der Waals surface area contributed by atoms with E-state index in [4.69, 9.17) is 9.84 Å². The lowest BCUT2D eigenvalue weighted by molar-refractivity contribution is 0.0696. The monoisotopic (exact) mass is 470 g/mol. The Morgan fingerprint density at radius 3 is 2.53 bits per heavy atom. The molecule has 0 atom stereocenters. The third-order valence-corrected chi connectivity index (χ3v) is 7.53. The number of nitrogens with one attached hydrogen (secondary N) is 1. The van der Waals surface area contributed by atoms with Crippen molar-refractivity contribution in [3.63, 3.8) is 0 Å². The van der Waals surface area contributed by atoms with Gasteiger partial charge in [0.15, 0.2) is 5.03 Å². The summed E-state index contributed by atoms with van der Waals surface area (Å²) >= 11 is 1.24. The van der Waals surface area contributed by atoms with Crippen LogP contribution in [-0.4, -0.2) is 31.6 Å². The molecule has 166 valence electrons. The van der Waals surface area contributed by atoms with Crippen LogP contribution in [-0.2, 0) is 10.0 Å². The molecule has 32 heavy (non-hydrogen) atoms. The molecule has 1 aromatic heterocycles. The highest BCUT2D eigenvalue weighted by atomic mass is 32.2. The van der Waals surface area contributed by atoms with Crippen molar-refractivity contribution in [2.24, 2.45) is 0 Å². The quantitative estimate of drug-likeness (QED) is 0.487. The standard InChI is InChI=1S/C23H22N2O5S2/c1-30-20-13-18(23(26)27)11-12-19(20)25-32(28,29)21-14-31-22(24-21)17-9-7-16(8-10-17)15-5-3-2-4-6-15/h5,7-14,25H,2-4,6H2,1H3,(H,26,27). The Kier molecular flexibility index (Phi) is 6.29. The van der Waals surface area contributed by atoms with Crippen molar-refractivity contribution in [1.82, 2.24) is 4.98 Å². The topological polar surface area (TPSA) is 106 Å². The zero-order valence-electron chi connectivity index (χ0n) is 17.4. The van der Waals surface area contributed by atoms with Crippen molar-refractivity contribution in [3.8, 4) is 16.3 Å². The highest BCUT2D eigenvalue weighted by Crippen LogP contribution is 2.32. The number of carboxylic acids is 1. The van der Waals surface area contributed by atoms with Crippen molar-refractivity contribution < 1.29 is 23.1 Å². The number of benzene rings is 2. The number of anilines is 1. The highest BCUT2D eigenvalue weighted by molar-refractivity contribution is 7.92. The van der Waals surface area contributed by atoms with E-state index in [0.717, 1.165) is 18.4 Å². The smallest absolute Gasteiger partial charge is 0.335 e. The molecule has 2 N–H and O–H groups in total. The number of aromatic nitrogens is 1. The maximum atomic E-state index is 12.8. The van der Waals surface area contributed by atoms with Gasteiger partial charge in [-0.25, -0.2) is 9.78 Å². The van der Waals surface area contributed by atoms with Gasteiger partial charge in [0.25, 0.3) is 10.0 Å². The summed E-state index contributed by atoms with van der Waals surface area (Å²) in [4.78, 5) is 15.4. The fraction of sp³-hybridized carbons (Fsp3) is 0.217. The Morgan fingerprint density at radius 1 is 1.12 bits per heavy atom. The molecule has 0 amide bonds. The zero-order chi connectivity index (χ0) is 22.7. The summed E-state index contributed by atoms with van der Waals surface area (Å²) in [6, 6.07) is 11.9. The molecule has 9 heteroatoms. The Bertz CT molecular complexity index is 1280. The molecule has 0 bridgehead atoms. The lowest BCUT2D eigenvalue weighted by Crippen LogP contribution is -2.14. The molecule has 0 saturated carbocycles. The molecule has 4 rings (SSSR count). The van der Waals surface area contributed by atoms with E-state index >= 15 is 0 Å². The van der Waals surface area contributed by atoms with Gasteiger partial charge in [-0.2, -0.15) is 8.42 Å². The molecule has 0 unspecified atom stereocenters. The number of carbonyl (C=O) groups is 1. The number of methoxy groups -OCH3 is 1. The number of aromatic carboxylic acids is 1. The Hall–Kier alpha value is -3.17. The fourth-order valence-corrected chi connectivity index (χ4v) is 5.72. The highest BCUT2D eigenvalue weighted by Gasteiger charge is 2.21. The van der Waals surface area contributed by atoms with Gasteiger partial charge in [0.05, 0.1) is 18.4 Å². The summed E-state index contributed by atoms with van der Waals surface area (Å²) in [6.07, 6.45) is 6.93. The van der Waals surface area contributed by atoms with E-state index in [9.17, 15) is 13.2 Å². The lowest BCUT2D eigenvalue weighted by atomic mass is 9.93. The molecule has 0 saturated heterocycles. The molecule has 0 fully saturated rings. The number of hydrogen-bond acceptors (Lipinski definition) is 6. The van der Waals surface area contributed by atoms with E-state index in [0.29, 0.717) is 5.01 Å². The number of thiazole rings is 1. The van der Waals surface area contributed by atoms with Crippen LogP contribution in [0.25, 0.3) is 16.1 Å². The van der Waals surface area contributed by atoms with E-state index < -0.39 is 16.0 Å². The van der Waals surface area contributed by atoms with E-state index in [1.807, 2.05) is 12.1 Å². The molecule has 3 aromatic rings. The summed E-state index contributed by atoms with van der Waals surface area (Å²) in [7, 11) is -2.64. The molecular formula is C23H22N2O5S2. The van der Waals surface area contributed by atoms with Crippen LogP contribution in [0.3, 0.4) is 0 Å². The minimum absolute atomic E-state index is 0.00632. The number of allylic oxidation sites excluding steroid dienone is 2. The normalized spacial score (nSPS) is 14.0. The van der Waals surface area contributed by atoms with Crippen LogP contribution >= 0.6 is 11.3 Å². The molecular weight excluding hydrogens is 448 g/mol. The second-order valence-corrected chi connectivity index (χ2v) is 9.86. The predicted octanol–water partition coefficient (Wildman–Crippen LogP) is 5.28. The number of carboxylic acid groups (broad SMARTS) is 1. The minimum atomic E-state index is -3.98. The van der Waals surface area contributed by atoms with E-state index in [1.54, 1.807) is 0 Å². The first-order valence-electron chi connectivity index (χ1n) is 10.1. The van der Waals surface area contributed by atoms with Crippen LogP contribution < -0.4 is 9.46 Å². The fourth-order valence-electron chi connectivity index (χ4n) is 3.55. The molecule has 7 nitrogen and oxygen atoms in total. The number of hydrogen-bond donors (Lipinski definition) is 2. The van der Waals surface area contributed by atoms with Crippen LogP contribution in [0.1, 0.15) is 41.6 Å². The second kappa shape index (κ2) is 9.13. The van der Waals surface area contributed by atoms with Crippen molar-refractivity contribution >= 4 is 38.6 Å². The summed E-state index contributed by atoms with van der Waals surface area (Å²) < 4.78 is 33.3. The Balaban J connectivity index is 1.55. The molecule has 0 radical (unpaired) electrons. The van der Waals surface area contributed by atoms with Crippen LogP contribution in [0.2, 0.25) is 0 Å². The van der Waals surface area contributed by atoms with Gasteiger partial charge in [-0.3, -0.25) is 4.72 Å². The number of sulfonamides is 1. The minimum Gasteiger partial charge on any atom is -0.495 e. The third kappa shape index (κ3) is 4.68. The number of ether oxygens (including phenoxy) is 1. The van der Waals surface area contributed by atoms with Crippen molar-refractivity contribution in [2.45, 2.75) is 30.7 Å². The summed E-state index contributed by atoms with van der Waals surface area (Å²) in [5, 5.41) is 11.1. The van der Waals surface area contributed by atoms with Crippen LogP contribution in [0.4, 0.5) is 5.69 Å². The van der Waals surface area contributed by atoms with Gasteiger partial charge in [0.1, 0.15) is 10.8 Å². The van der Waals surface area contributed by atoms with Gasteiger partial charge in [0.2, 0.25) is 0 Å². The first kappa shape index (κ1) is 22.0. The molecule has 2 aromatic carbocycles. The van der Waals surface area contributed by atoms with Crippen molar-refractivity contribution in [3.05, 3.63) is 65.0 Å². The zero-order valence-corrected chi connectivity index (χ0v) is 19.0. The van der Waals surface area contributed by atoms with Crippen molar-refractivity contribution in [2.75, 3.05) is 11.8 Å². The van der Waals surface area contributed by atoms with E-state index in [-0.39, 0.29) is 22.0 Å². The van der Waals surface area contributed by atoms with Gasteiger partial charge >= 0.3 is 5.97 Å². The van der Waals surface area contributed by atoms with E-state index in [1.165, 1.54) is 66.0 Å². The average molecular weight is 471 g/mol. The van der Waals surface area contributed by atoms with Crippen molar-refractivity contribution in [1.29, 1.82) is 0 Å². The maximum absolute atomic E-state index is 12.8. The molecule has 1 aliphatic carbocycles. The SMILES string of the molecule is COc1cc(C(=O)O)ccc1NS(=O)(=O)c1csc(-c2ccc(C3=CCCCC3)cc2)n1. The van der Waals surface area contributed by atoms with Gasteiger partial charge in [-0.1, -0.05) is 30.3 Å². The van der Waals surface area contributed by atoms with E-state index in [2.05, 4.69) is 27.9 Å². The number of rotatable bonds is 7. The first-order chi connectivity index (χ1) is 15.4. The van der Waals surface area contributed by atoms with Gasteiger partial charge < -0.3 is 9.84 Å². The second-order valence-electron chi connectivity index (χ2n) is 7.37. The third-order valence-electron chi connectivity index (χ3n) is 5.24. The lowest BCUT2D eigenvalue weighted by Gasteiger charge is -2.13. The van der Waals surface area contributed by atoms with Crippen LogP contribution in [0.15, 0.2) is 58.9 Å². The summed E-state index contributed by atoms with van der Waals surface area (Å²) in [6.45, 7) is 0. The van der Waals surface area contributed by atoms with Gasteiger partial charge in [0, 0.05) is 10.9 Å². The van der Waals surface area contributed by atoms with Crippen LogP contribution in [0.5, 0.6) is 5.75 Å². The number of nitrogens with zero attached hydrogens (tertiary/aromatic N) is 1. The summed E-state index contributed by atoms with van der Waals surface area (Å²) in [5.41, 5.74) is 3.53.